The van der Waals surface area contributed by atoms with Gasteiger partial charge in [-0.25, -0.2) is 4.68 Å². The van der Waals surface area contributed by atoms with Crippen molar-refractivity contribution in [1.29, 1.82) is 0 Å². The Morgan fingerprint density at radius 2 is 1.18 bits per heavy atom. The molecule has 1 amide bonds. The van der Waals surface area contributed by atoms with Crippen molar-refractivity contribution in [3.05, 3.63) is 11.9 Å². The van der Waals surface area contributed by atoms with Crippen molar-refractivity contribution in [1.82, 2.24) is 20.3 Å². The van der Waals surface area contributed by atoms with Crippen LogP contribution in [0.1, 0.15) is 103 Å². The van der Waals surface area contributed by atoms with Gasteiger partial charge in [0.15, 0.2) is 6.29 Å². The van der Waals surface area contributed by atoms with Crippen LogP contribution in [0, 0.1) is 143 Å². The molecule has 0 bridgehead atoms. The summed E-state index contributed by atoms with van der Waals surface area (Å²) in [5.74, 6) is 56.0. The topological polar surface area (TPSA) is 200 Å². The summed E-state index contributed by atoms with van der Waals surface area (Å²) in [7, 11) is 0. The molecule has 2 heterocycles. The lowest BCUT2D eigenvalue weighted by atomic mass is 9.98. The zero-order valence-electron chi connectivity index (χ0n) is 37.0. The lowest BCUT2D eigenvalue weighted by Crippen LogP contribution is -2.60. The summed E-state index contributed by atoms with van der Waals surface area (Å²) in [6, 6.07) is -1.19. The fourth-order valence-corrected chi connectivity index (χ4v) is 6.00. The zero-order valence-corrected chi connectivity index (χ0v) is 37.0. The molecule has 1 aromatic rings. The molecule has 2 unspecified atom stereocenters. The van der Waals surface area contributed by atoms with Gasteiger partial charge >= 0.3 is 0 Å². The van der Waals surface area contributed by atoms with E-state index in [0.29, 0.717) is 6.42 Å². The number of aliphatic hydroxyl groups excluding tert-OH is 6. The van der Waals surface area contributed by atoms with Crippen molar-refractivity contribution in [2.45, 2.75) is 159 Å². The van der Waals surface area contributed by atoms with Crippen molar-refractivity contribution in [2.24, 2.45) is 0 Å². The molecule has 340 valence electrons. The molecule has 0 spiro atoms. The Kier molecular flexibility index (Phi) is 30.4. The second kappa shape index (κ2) is 36.4. The number of terminal acetylenes is 1. The molecule has 1 aliphatic rings. The number of carbonyl (C=O) groups excluding carboxylic acids is 1. The molecule has 2 rings (SSSR count). The SMILES string of the molecule is C#CC#CC#CC#CC#CC#CC#CC#CC#CC#CC#CC#CCC(=O)N[C@@H](CO[C@H]1OC(Cn2cc(CO)nn2)[C@H](O)C(O)[C@@H]1O)[C@H](O)[C@H](O)CCCCCCCCCCCCCC. The summed E-state index contributed by atoms with van der Waals surface area (Å²) in [5.41, 5.74) is 0.271. The van der Waals surface area contributed by atoms with Gasteiger partial charge in [0.1, 0.15) is 36.2 Å². The maximum Gasteiger partial charge on any atom is 0.232 e. The van der Waals surface area contributed by atoms with Crippen LogP contribution in [0.4, 0.5) is 0 Å². The Morgan fingerprint density at radius 3 is 1.65 bits per heavy atom. The Bertz CT molecular complexity index is 2470. The summed E-state index contributed by atoms with van der Waals surface area (Å²) < 4.78 is 12.8. The first-order valence-electron chi connectivity index (χ1n) is 21.6. The molecule has 1 saturated heterocycles. The first kappa shape index (κ1) is 55.1. The molecule has 0 aliphatic carbocycles. The van der Waals surface area contributed by atoms with E-state index in [4.69, 9.17) is 15.9 Å². The number of aliphatic hydroxyl groups is 6. The van der Waals surface area contributed by atoms with Crippen molar-refractivity contribution in [3.63, 3.8) is 0 Å². The second-order valence-electron chi connectivity index (χ2n) is 14.5. The molecule has 0 saturated carbocycles. The molecule has 0 aromatic carbocycles. The van der Waals surface area contributed by atoms with E-state index in [0.717, 1.165) is 25.7 Å². The minimum atomic E-state index is -1.70. The highest BCUT2D eigenvalue weighted by atomic mass is 16.7. The zero-order chi connectivity index (χ0) is 47.9. The van der Waals surface area contributed by atoms with Crippen LogP contribution >= 0.6 is 0 Å². The molecular formula is C53H54N4O9. The van der Waals surface area contributed by atoms with Crippen molar-refractivity contribution >= 4 is 5.91 Å². The summed E-state index contributed by atoms with van der Waals surface area (Å²) >= 11 is 0. The van der Waals surface area contributed by atoms with Gasteiger partial charge in [-0.2, -0.15) is 0 Å². The number of rotatable bonds is 23. The van der Waals surface area contributed by atoms with Crippen LogP contribution in [0.3, 0.4) is 0 Å². The summed E-state index contributed by atoms with van der Waals surface area (Å²) in [6.45, 7) is 1.28. The predicted octanol–water partition coefficient (Wildman–Crippen LogP) is 0.953. The molecule has 1 aliphatic heterocycles. The monoisotopic (exact) mass is 890 g/mol. The molecule has 1 aromatic heterocycles. The number of amides is 1. The largest absolute Gasteiger partial charge is 0.390 e. The Morgan fingerprint density at radius 1 is 0.712 bits per heavy atom. The van der Waals surface area contributed by atoms with Gasteiger partial charge in [-0.1, -0.05) is 95.1 Å². The average Bonchev–Trinajstić information content (AvgIpc) is 3.78. The number of aromatic nitrogens is 3. The van der Waals surface area contributed by atoms with E-state index in [1.165, 1.54) is 55.8 Å². The number of unbranched alkanes of at least 4 members (excludes halogenated alkanes) is 11. The van der Waals surface area contributed by atoms with Gasteiger partial charge < -0.3 is 45.4 Å². The molecule has 13 nitrogen and oxygen atoms in total. The fourth-order valence-electron chi connectivity index (χ4n) is 6.00. The van der Waals surface area contributed by atoms with E-state index in [1.807, 2.05) is 0 Å². The Labute approximate surface area is 390 Å². The van der Waals surface area contributed by atoms with Crippen molar-refractivity contribution in [3.8, 4) is 143 Å². The minimum Gasteiger partial charge on any atom is -0.390 e. The van der Waals surface area contributed by atoms with Gasteiger partial charge in [0, 0.05) is 35.5 Å². The number of carbonyl (C=O) groups is 1. The van der Waals surface area contributed by atoms with Crippen molar-refractivity contribution in [2.75, 3.05) is 6.61 Å². The van der Waals surface area contributed by atoms with Gasteiger partial charge in [0.2, 0.25) is 5.91 Å². The summed E-state index contributed by atoms with van der Waals surface area (Å²) in [5, 5.41) is 73.6. The second-order valence-corrected chi connectivity index (χ2v) is 14.5. The molecule has 7 N–H and O–H groups in total. The van der Waals surface area contributed by atoms with E-state index in [9.17, 15) is 35.4 Å². The highest BCUT2D eigenvalue weighted by Crippen LogP contribution is 2.24. The number of ether oxygens (including phenoxy) is 2. The van der Waals surface area contributed by atoms with E-state index >= 15 is 0 Å². The van der Waals surface area contributed by atoms with Crippen LogP contribution in [0.5, 0.6) is 0 Å². The van der Waals surface area contributed by atoms with E-state index in [-0.39, 0.29) is 31.7 Å². The lowest BCUT2D eigenvalue weighted by molar-refractivity contribution is -0.301. The van der Waals surface area contributed by atoms with E-state index in [1.54, 1.807) is 0 Å². The van der Waals surface area contributed by atoms with E-state index in [2.05, 4.69) is 159 Å². The van der Waals surface area contributed by atoms with Crippen LogP contribution < -0.4 is 5.32 Å². The van der Waals surface area contributed by atoms with Gasteiger partial charge in [-0.15, -0.1) is 11.5 Å². The predicted molar refractivity (Wildman–Crippen MR) is 247 cm³/mol. The number of hydrogen-bond acceptors (Lipinski definition) is 11. The minimum absolute atomic E-state index is 0.111. The first-order valence-corrected chi connectivity index (χ1v) is 21.6. The molecule has 1 fully saturated rings. The Hall–Kier alpha value is -6.99. The Balaban J connectivity index is 1.97. The van der Waals surface area contributed by atoms with Crippen LogP contribution in [0.25, 0.3) is 0 Å². The summed E-state index contributed by atoms with van der Waals surface area (Å²) in [6.07, 6.45) is 9.72. The number of hydrogen-bond donors (Lipinski definition) is 7. The summed E-state index contributed by atoms with van der Waals surface area (Å²) in [4.78, 5) is 13.0. The van der Waals surface area contributed by atoms with Gasteiger partial charge in [0.25, 0.3) is 0 Å². The maximum atomic E-state index is 13.0. The van der Waals surface area contributed by atoms with Crippen LogP contribution in [-0.2, 0) is 27.4 Å². The third-order valence-corrected chi connectivity index (χ3v) is 9.39. The van der Waals surface area contributed by atoms with Crippen LogP contribution in [0.15, 0.2) is 6.20 Å². The molecule has 0 radical (unpaired) electrons. The highest BCUT2D eigenvalue weighted by molar-refractivity contribution is 5.79. The smallest absolute Gasteiger partial charge is 0.232 e. The molecule has 8 atom stereocenters. The normalized spacial score (nSPS) is 17.3. The highest BCUT2D eigenvalue weighted by Gasteiger charge is 2.45. The standard InChI is InChI=1S/C53H54N4O9/c1-3-5-7-9-11-13-15-17-18-19-20-21-22-23-24-25-26-27-29-31-33-35-37-39-48(60)54-45(49(61)46(59)38-36-34-32-30-28-16-14-12-10-8-6-4-2)43-65-53-52(64)51(63)50(62)47(66-53)41-57-40-44(42-58)55-56-57/h1,40,45-47,49-53,58-59,61-64H,4,6,8,10,12,14,16,28,30,32,34,36,38-39,41-43H2,2H3,(H,54,60)/t45-,46+,47?,49-,50-,51?,52-,53-/m0/s1. The van der Waals surface area contributed by atoms with Gasteiger partial charge in [-0.3, -0.25) is 4.79 Å². The molecular weight excluding hydrogens is 837 g/mol. The maximum absolute atomic E-state index is 13.0. The third-order valence-electron chi connectivity index (χ3n) is 9.39. The van der Waals surface area contributed by atoms with Crippen molar-refractivity contribution < 1.29 is 44.9 Å². The van der Waals surface area contributed by atoms with Crippen LogP contribution in [0.2, 0.25) is 0 Å². The van der Waals surface area contributed by atoms with E-state index < -0.39 is 61.5 Å². The number of nitrogens with zero attached hydrogens (tertiary/aromatic N) is 3. The fraction of sp³-hybridized carbons (Fsp3) is 0.491. The van der Waals surface area contributed by atoms with Gasteiger partial charge in [0.05, 0.1) is 44.5 Å². The van der Waals surface area contributed by atoms with Crippen LogP contribution in [-0.4, -0.2) is 107 Å². The third kappa shape index (κ3) is 25.3. The lowest BCUT2D eigenvalue weighted by Gasteiger charge is -2.40. The quantitative estimate of drug-likeness (QED) is 0.0611. The number of nitrogens with one attached hydrogen (secondary N) is 1. The first-order chi connectivity index (χ1) is 32.2. The van der Waals surface area contributed by atoms with Gasteiger partial charge in [-0.05, 0) is 101 Å². The molecule has 13 heteroatoms. The average molecular weight is 891 g/mol. The molecule has 66 heavy (non-hydrogen) atoms.